The first-order valence-electron chi connectivity index (χ1n) is 6.53. The van der Waals surface area contributed by atoms with Gasteiger partial charge in [-0.25, -0.2) is 9.37 Å². The normalized spacial score (nSPS) is 22.4. The van der Waals surface area contributed by atoms with Gasteiger partial charge in [0.2, 0.25) is 0 Å². The van der Waals surface area contributed by atoms with Crippen molar-refractivity contribution < 1.29 is 9.50 Å². The van der Waals surface area contributed by atoms with E-state index in [1.54, 1.807) is 6.07 Å². The quantitative estimate of drug-likeness (QED) is 0.786. The highest BCUT2D eigenvalue weighted by atomic mass is 79.9. The zero-order chi connectivity index (χ0) is 14.3. The fourth-order valence-electron chi connectivity index (χ4n) is 2.67. The number of nitrogens with two attached hydrogens (primary N) is 1. The summed E-state index contributed by atoms with van der Waals surface area (Å²) in [5.41, 5.74) is 6.66. The molecule has 20 heavy (non-hydrogen) atoms. The van der Waals surface area contributed by atoms with Crippen molar-refractivity contribution in [1.82, 2.24) is 4.98 Å². The SMILES string of the molecule is Nc1nc2cc(Br)ccc2c(NC2CCC(O)C2)c1F. The van der Waals surface area contributed by atoms with Crippen LogP contribution in [0.25, 0.3) is 10.9 Å². The van der Waals surface area contributed by atoms with Crippen LogP contribution in [0, 0.1) is 5.82 Å². The first-order chi connectivity index (χ1) is 9.54. The smallest absolute Gasteiger partial charge is 0.188 e. The third-order valence-corrected chi connectivity index (χ3v) is 4.16. The Kier molecular flexibility index (Phi) is 3.52. The van der Waals surface area contributed by atoms with E-state index in [-0.39, 0.29) is 18.0 Å². The van der Waals surface area contributed by atoms with E-state index in [9.17, 15) is 9.50 Å². The summed E-state index contributed by atoms with van der Waals surface area (Å²) >= 11 is 3.37. The molecule has 2 atom stereocenters. The van der Waals surface area contributed by atoms with Crippen LogP contribution < -0.4 is 11.1 Å². The van der Waals surface area contributed by atoms with Gasteiger partial charge in [0.25, 0.3) is 0 Å². The second-order valence-electron chi connectivity index (χ2n) is 5.16. The lowest BCUT2D eigenvalue weighted by molar-refractivity contribution is 0.182. The Balaban J connectivity index is 2.05. The number of fused-ring (bicyclic) bond motifs is 1. The predicted octanol–water partition coefficient (Wildman–Crippen LogP) is 3.04. The van der Waals surface area contributed by atoms with Crippen LogP contribution in [-0.4, -0.2) is 22.2 Å². The van der Waals surface area contributed by atoms with Crippen LogP contribution in [0.5, 0.6) is 0 Å². The molecular formula is C14H15BrFN3O. The van der Waals surface area contributed by atoms with E-state index in [1.165, 1.54) is 0 Å². The molecule has 0 radical (unpaired) electrons. The fourth-order valence-corrected chi connectivity index (χ4v) is 3.02. The minimum absolute atomic E-state index is 0.0631. The van der Waals surface area contributed by atoms with Gasteiger partial charge >= 0.3 is 0 Å². The Morgan fingerprint density at radius 3 is 2.90 bits per heavy atom. The summed E-state index contributed by atoms with van der Waals surface area (Å²) in [7, 11) is 0. The average molecular weight is 340 g/mol. The van der Waals surface area contributed by atoms with Gasteiger partial charge in [0.1, 0.15) is 0 Å². The molecule has 1 heterocycles. The lowest BCUT2D eigenvalue weighted by Crippen LogP contribution is -2.18. The average Bonchev–Trinajstić information content (AvgIpc) is 2.80. The second-order valence-corrected chi connectivity index (χ2v) is 6.07. The largest absolute Gasteiger partial charge is 0.393 e. The molecule has 1 aromatic heterocycles. The zero-order valence-electron chi connectivity index (χ0n) is 10.7. The maximum atomic E-state index is 14.3. The highest BCUT2D eigenvalue weighted by Crippen LogP contribution is 2.33. The Hall–Kier alpha value is -1.40. The molecule has 0 amide bonds. The van der Waals surface area contributed by atoms with Crippen LogP contribution in [0.1, 0.15) is 19.3 Å². The lowest BCUT2D eigenvalue weighted by atomic mass is 10.1. The molecule has 1 fully saturated rings. The van der Waals surface area contributed by atoms with Crippen molar-refractivity contribution in [2.75, 3.05) is 11.1 Å². The van der Waals surface area contributed by atoms with Crippen LogP contribution in [0.3, 0.4) is 0 Å². The molecule has 6 heteroatoms. The summed E-state index contributed by atoms with van der Waals surface area (Å²) in [6.07, 6.45) is 1.87. The Morgan fingerprint density at radius 2 is 2.20 bits per heavy atom. The van der Waals surface area contributed by atoms with Crippen molar-refractivity contribution >= 4 is 38.3 Å². The number of nitrogens with one attached hydrogen (secondary N) is 1. The van der Waals surface area contributed by atoms with E-state index in [0.717, 1.165) is 17.3 Å². The van der Waals surface area contributed by atoms with Gasteiger partial charge in [-0.3, -0.25) is 0 Å². The first-order valence-corrected chi connectivity index (χ1v) is 7.32. The zero-order valence-corrected chi connectivity index (χ0v) is 12.3. The Labute approximate surface area is 124 Å². The standard InChI is InChI=1S/C14H15BrFN3O/c15-7-1-4-10-11(5-7)19-14(17)12(16)13(10)18-8-2-3-9(20)6-8/h1,4-5,8-9,20H,2-3,6H2,(H3,17,18,19). The summed E-state index contributed by atoms with van der Waals surface area (Å²) in [6.45, 7) is 0. The van der Waals surface area contributed by atoms with Gasteiger partial charge in [0, 0.05) is 15.9 Å². The number of pyridine rings is 1. The molecule has 4 N–H and O–H groups in total. The van der Waals surface area contributed by atoms with E-state index in [2.05, 4.69) is 26.2 Å². The van der Waals surface area contributed by atoms with E-state index >= 15 is 0 Å². The number of rotatable bonds is 2. The maximum absolute atomic E-state index is 14.3. The van der Waals surface area contributed by atoms with Crippen molar-refractivity contribution in [3.8, 4) is 0 Å². The van der Waals surface area contributed by atoms with Crippen LogP contribution >= 0.6 is 15.9 Å². The number of aromatic nitrogens is 1. The van der Waals surface area contributed by atoms with Crippen molar-refractivity contribution in [2.24, 2.45) is 0 Å². The molecule has 0 spiro atoms. The summed E-state index contributed by atoms with van der Waals surface area (Å²) in [5, 5.41) is 13.4. The number of nitrogen functional groups attached to an aromatic ring is 1. The van der Waals surface area contributed by atoms with Gasteiger partial charge in [0.05, 0.1) is 17.3 Å². The van der Waals surface area contributed by atoms with Crippen LogP contribution in [0.4, 0.5) is 15.9 Å². The van der Waals surface area contributed by atoms with E-state index < -0.39 is 5.82 Å². The molecule has 0 aliphatic heterocycles. The Bertz CT molecular complexity index is 664. The third-order valence-electron chi connectivity index (χ3n) is 3.67. The van der Waals surface area contributed by atoms with Gasteiger partial charge in [-0.15, -0.1) is 0 Å². The number of nitrogens with zero attached hydrogens (tertiary/aromatic N) is 1. The van der Waals surface area contributed by atoms with E-state index in [0.29, 0.717) is 23.0 Å². The number of hydrogen-bond donors (Lipinski definition) is 3. The molecule has 1 saturated carbocycles. The van der Waals surface area contributed by atoms with Crippen LogP contribution in [0.15, 0.2) is 22.7 Å². The molecule has 2 unspecified atom stereocenters. The minimum Gasteiger partial charge on any atom is -0.393 e. The number of aliphatic hydroxyl groups excluding tert-OH is 1. The van der Waals surface area contributed by atoms with Gasteiger partial charge in [-0.1, -0.05) is 15.9 Å². The van der Waals surface area contributed by atoms with E-state index in [4.69, 9.17) is 5.73 Å². The lowest BCUT2D eigenvalue weighted by Gasteiger charge is -2.17. The van der Waals surface area contributed by atoms with Crippen molar-refractivity contribution in [1.29, 1.82) is 0 Å². The monoisotopic (exact) mass is 339 g/mol. The predicted molar refractivity (Wildman–Crippen MR) is 81.1 cm³/mol. The second kappa shape index (κ2) is 5.18. The summed E-state index contributed by atoms with van der Waals surface area (Å²) in [5.74, 6) is -0.641. The van der Waals surface area contributed by atoms with Gasteiger partial charge in [0.15, 0.2) is 11.6 Å². The Morgan fingerprint density at radius 1 is 1.40 bits per heavy atom. The van der Waals surface area contributed by atoms with Gasteiger partial charge < -0.3 is 16.2 Å². The molecule has 0 bridgehead atoms. The number of anilines is 2. The number of halogens is 2. The molecule has 4 nitrogen and oxygen atoms in total. The van der Waals surface area contributed by atoms with Gasteiger partial charge in [-0.05, 0) is 37.5 Å². The molecule has 0 saturated heterocycles. The topological polar surface area (TPSA) is 71.2 Å². The number of hydrogen-bond acceptors (Lipinski definition) is 4. The first kappa shape index (κ1) is 13.6. The highest BCUT2D eigenvalue weighted by Gasteiger charge is 2.25. The van der Waals surface area contributed by atoms with Crippen molar-refractivity contribution in [2.45, 2.75) is 31.4 Å². The van der Waals surface area contributed by atoms with Crippen LogP contribution in [0.2, 0.25) is 0 Å². The molecule has 1 aromatic carbocycles. The van der Waals surface area contributed by atoms with Crippen molar-refractivity contribution in [3.05, 3.63) is 28.5 Å². The molecule has 1 aliphatic rings. The van der Waals surface area contributed by atoms with Crippen molar-refractivity contribution in [3.63, 3.8) is 0 Å². The molecule has 1 aliphatic carbocycles. The summed E-state index contributed by atoms with van der Waals surface area (Å²) in [4.78, 5) is 4.07. The summed E-state index contributed by atoms with van der Waals surface area (Å²) < 4.78 is 15.1. The summed E-state index contributed by atoms with van der Waals surface area (Å²) in [6, 6.07) is 5.52. The highest BCUT2D eigenvalue weighted by molar-refractivity contribution is 9.10. The maximum Gasteiger partial charge on any atom is 0.188 e. The van der Waals surface area contributed by atoms with E-state index in [1.807, 2.05) is 12.1 Å². The van der Waals surface area contributed by atoms with Gasteiger partial charge in [-0.2, -0.15) is 0 Å². The number of benzene rings is 1. The molecule has 106 valence electrons. The molecule has 2 aromatic rings. The van der Waals surface area contributed by atoms with Crippen LogP contribution in [-0.2, 0) is 0 Å². The fraction of sp³-hybridized carbons (Fsp3) is 0.357. The minimum atomic E-state index is -0.527. The number of aliphatic hydroxyl groups is 1. The molecular weight excluding hydrogens is 325 g/mol. The molecule has 3 rings (SSSR count). The third kappa shape index (κ3) is 2.45.